The van der Waals surface area contributed by atoms with Crippen molar-refractivity contribution in [1.82, 2.24) is 10.2 Å². The summed E-state index contributed by atoms with van der Waals surface area (Å²) < 4.78 is 5.72. The number of hydrogen-bond donors (Lipinski definition) is 1. The summed E-state index contributed by atoms with van der Waals surface area (Å²) in [6.45, 7) is 6.11. The van der Waals surface area contributed by atoms with Gasteiger partial charge >= 0.3 is 0 Å². The van der Waals surface area contributed by atoms with Crippen LogP contribution in [0.5, 0.6) is 5.75 Å². The normalized spacial score (nSPS) is 14.4. The SMILES string of the molecule is CCCCCOc1ccc(C(=O)N2CCC(NC(=O)c3ccccc3C)CC2)cc1. The van der Waals surface area contributed by atoms with E-state index in [-0.39, 0.29) is 17.9 Å². The smallest absolute Gasteiger partial charge is 0.253 e. The van der Waals surface area contributed by atoms with Crippen LogP contribution in [0.25, 0.3) is 0 Å². The average molecular weight is 409 g/mol. The van der Waals surface area contributed by atoms with Crippen LogP contribution >= 0.6 is 0 Å². The van der Waals surface area contributed by atoms with Gasteiger partial charge < -0.3 is 15.0 Å². The summed E-state index contributed by atoms with van der Waals surface area (Å²) in [5, 5.41) is 3.12. The fourth-order valence-electron chi connectivity index (χ4n) is 3.74. The first-order valence-corrected chi connectivity index (χ1v) is 11.0. The van der Waals surface area contributed by atoms with E-state index in [0.717, 1.165) is 37.0 Å². The molecule has 160 valence electrons. The number of likely N-dealkylation sites (tertiary alicyclic amines) is 1. The first-order valence-electron chi connectivity index (χ1n) is 11.0. The lowest BCUT2D eigenvalue weighted by Crippen LogP contribution is -2.46. The molecule has 0 unspecified atom stereocenters. The number of ether oxygens (including phenoxy) is 1. The number of unbranched alkanes of at least 4 members (excludes halogenated alkanes) is 2. The van der Waals surface area contributed by atoms with Gasteiger partial charge in [-0.25, -0.2) is 0 Å². The Kier molecular flexibility index (Phi) is 7.89. The minimum Gasteiger partial charge on any atom is -0.494 e. The average Bonchev–Trinajstić information content (AvgIpc) is 2.77. The van der Waals surface area contributed by atoms with Crippen LogP contribution in [0.1, 0.15) is 65.3 Å². The van der Waals surface area contributed by atoms with Crippen LogP contribution in [0.2, 0.25) is 0 Å². The van der Waals surface area contributed by atoms with Gasteiger partial charge in [0.1, 0.15) is 5.75 Å². The second kappa shape index (κ2) is 10.8. The molecule has 0 bridgehead atoms. The molecule has 5 nitrogen and oxygen atoms in total. The molecule has 0 aromatic heterocycles. The number of rotatable bonds is 8. The molecule has 1 fully saturated rings. The fourth-order valence-corrected chi connectivity index (χ4v) is 3.74. The van der Waals surface area contributed by atoms with Crippen molar-refractivity contribution in [3.63, 3.8) is 0 Å². The standard InChI is InChI=1S/C25H32N2O3/c1-3-4-7-18-30-22-12-10-20(11-13-22)25(29)27-16-14-21(15-17-27)26-24(28)23-9-6-5-8-19(23)2/h5-6,8-13,21H,3-4,7,14-18H2,1-2H3,(H,26,28). The van der Waals surface area contributed by atoms with Crippen LogP contribution in [0.4, 0.5) is 0 Å². The molecule has 1 aliphatic heterocycles. The van der Waals surface area contributed by atoms with Gasteiger partial charge in [-0.15, -0.1) is 0 Å². The first kappa shape index (κ1) is 21.9. The predicted octanol–water partition coefficient (Wildman–Crippen LogP) is 4.60. The summed E-state index contributed by atoms with van der Waals surface area (Å²) in [6, 6.07) is 15.1. The highest BCUT2D eigenvalue weighted by molar-refractivity contribution is 5.96. The highest BCUT2D eigenvalue weighted by Crippen LogP contribution is 2.18. The van der Waals surface area contributed by atoms with Gasteiger partial charge in [-0.1, -0.05) is 38.0 Å². The maximum atomic E-state index is 12.8. The molecule has 0 radical (unpaired) electrons. The van der Waals surface area contributed by atoms with Gasteiger partial charge in [0.25, 0.3) is 11.8 Å². The summed E-state index contributed by atoms with van der Waals surface area (Å²) in [6.07, 6.45) is 4.91. The number of carbonyl (C=O) groups excluding carboxylic acids is 2. The predicted molar refractivity (Wildman–Crippen MR) is 119 cm³/mol. The molecule has 2 amide bonds. The summed E-state index contributed by atoms with van der Waals surface area (Å²) in [7, 11) is 0. The zero-order chi connectivity index (χ0) is 21.3. The maximum absolute atomic E-state index is 12.8. The monoisotopic (exact) mass is 408 g/mol. The molecule has 1 N–H and O–H groups in total. The van der Waals surface area contributed by atoms with E-state index >= 15 is 0 Å². The number of hydrogen-bond acceptors (Lipinski definition) is 3. The summed E-state index contributed by atoms with van der Waals surface area (Å²) in [5.74, 6) is 0.809. The molecule has 2 aromatic rings. The van der Waals surface area contributed by atoms with Gasteiger partial charge in [-0.2, -0.15) is 0 Å². The Morgan fingerprint density at radius 2 is 1.73 bits per heavy atom. The Balaban J connectivity index is 1.47. The van der Waals surface area contributed by atoms with Crippen molar-refractivity contribution in [2.45, 2.75) is 52.0 Å². The minimum absolute atomic E-state index is 0.0348. The Bertz CT molecular complexity index is 840. The number of aryl methyl sites for hydroxylation is 1. The van der Waals surface area contributed by atoms with Crippen molar-refractivity contribution in [3.8, 4) is 5.75 Å². The first-order chi connectivity index (χ1) is 14.6. The highest BCUT2D eigenvalue weighted by atomic mass is 16.5. The van der Waals surface area contributed by atoms with Gasteiger partial charge in [-0.05, 0) is 62.1 Å². The quantitative estimate of drug-likeness (QED) is 0.650. The van der Waals surface area contributed by atoms with Gasteiger partial charge in [0.15, 0.2) is 0 Å². The van der Waals surface area contributed by atoms with Crippen LogP contribution in [0, 0.1) is 6.92 Å². The van der Waals surface area contributed by atoms with Crippen molar-refractivity contribution >= 4 is 11.8 Å². The van der Waals surface area contributed by atoms with E-state index in [1.165, 1.54) is 6.42 Å². The second-order valence-corrected chi connectivity index (χ2v) is 7.93. The van der Waals surface area contributed by atoms with Crippen molar-refractivity contribution in [2.24, 2.45) is 0 Å². The molecule has 0 saturated carbocycles. The molecule has 1 aliphatic rings. The lowest BCUT2D eigenvalue weighted by atomic mass is 10.0. The highest BCUT2D eigenvalue weighted by Gasteiger charge is 2.25. The second-order valence-electron chi connectivity index (χ2n) is 7.93. The van der Waals surface area contributed by atoms with E-state index < -0.39 is 0 Å². The number of nitrogens with one attached hydrogen (secondary N) is 1. The number of amides is 2. The summed E-state index contributed by atoms with van der Waals surface area (Å²) in [4.78, 5) is 27.2. The summed E-state index contributed by atoms with van der Waals surface area (Å²) in [5.41, 5.74) is 2.37. The van der Waals surface area contributed by atoms with Gasteiger partial charge in [-0.3, -0.25) is 9.59 Å². The Morgan fingerprint density at radius 3 is 2.40 bits per heavy atom. The van der Waals surface area contributed by atoms with E-state index in [4.69, 9.17) is 4.74 Å². The van der Waals surface area contributed by atoms with E-state index in [2.05, 4.69) is 12.2 Å². The zero-order valence-electron chi connectivity index (χ0n) is 18.0. The van der Waals surface area contributed by atoms with Crippen LogP contribution < -0.4 is 10.1 Å². The van der Waals surface area contributed by atoms with Gasteiger partial charge in [0.2, 0.25) is 0 Å². The third kappa shape index (κ3) is 5.85. The van der Waals surface area contributed by atoms with E-state index in [9.17, 15) is 9.59 Å². The lowest BCUT2D eigenvalue weighted by molar-refractivity contribution is 0.0698. The van der Waals surface area contributed by atoms with E-state index in [1.807, 2.05) is 60.4 Å². The lowest BCUT2D eigenvalue weighted by Gasteiger charge is -2.32. The Hall–Kier alpha value is -2.82. The fraction of sp³-hybridized carbons (Fsp3) is 0.440. The molecule has 2 aromatic carbocycles. The molecule has 0 spiro atoms. The topological polar surface area (TPSA) is 58.6 Å². The molecule has 1 saturated heterocycles. The van der Waals surface area contributed by atoms with Crippen LogP contribution in [-0.4, -0.2) is 42.5 Å². The molecule has 30 heavy (non-hydrogen) atoms. The van der Waals surface area contributed by atoms with Crippen molar-refractivity contribution in [1.29, 1.82) is 0 Å². The third-order valence-corrected chi connectivity index (χ3v) is 5.62. The van der Waals surface area contributed by atoms with Crippen LogP contribution in [0.3, 0.4) is 0 Å². The molecular formula is C25H32N2O3. The van der Waals surface area contributed by atoms with Crippen LogP contribution in [0.15, 0.2) is 48.5 Å². The number of piperidine rings is 1. The van der Waals surface area contributed by atoms with Gasteiger partial charge in [0, 0.05) is 30.3 Å². The molecule has 0 aliphatic carbocycles. The number of carbonyl (C=O) groups is 2. The summed E-state index contributed by atoms with van der Waals surface area (Å²) >= 11 is 0. The van der Waals surface area contributed by atoms with Gasteiger partial charge in [0.05, 0.1) is 6.61 Å². The minimum atomic E-state index is -0.0348. The maximum Gasteiger partial charge on any atom is 0.253 e. The zero-order valence-corrected chi connectivity index (χ0v) is 18.0. The third-order valence-electron chi connectivity index (χ3n) is 5.62. The molecule has 3 rings (SSSR count). The molecule has 1 heterocycles. The molecule has 5 heteroatoms. The number of nitrogens with zero attached hydrogens (tertiary/aromatic N) is 1. The van der Waals surface area contributed by atoms with E-state index in [0.29, 0.717) is 30.8 Å². The van der Waals surface area contributed by atoms with Crippen molar-refractivity contribution in [2.75, 3.05) is 19.7 Å². The Morgan fingerprint density at radius 1 is 1.03 bits per heavy atom. The molecular weight excluding hydrogens is 376 g/mol. The van der Waals surface area contributed by atoms with Crippen molar-refractivity contribution < 1.29 is 14.3 Å². The van der Waals surface area contributed by atoms with Crippen molar-refractivity contribution in [3.05, 3.63) is 65.2 Å². The Labute approximate surface area is 179 Å². The largest absolute Gasteiger partial charge is 0.494 e. The number of benzene rings is 2. The van der Waals surface area contributed by atoms with Crippen LogP contribution in [-0.2, 0) is 0 Å². The molecule has 0 atom stereocenters. The van der Waals surface area contributed by atoms with E-state index in [1.54, 1.807) is 0 Å².